The van der Waals surface area contributed by atoms with E-state index < -0.39 is 10.9 Å². The Labute approximate surface area is 138 Å². The molecule has 0 heterocycles. The molecule has 24 heavy (non-hydrogen) atoms. The van der Waals surface area contributed by atoms with Gasteiger partial charge in [0.05, 0.1) is 11.2 Å². The summed E-state index contributed by atoms with van der Waals surface area (Å²) in [5.74, 6) is 0.363. The molecule has 0 amide bonds. The number of nitrogens with zero attached hydrogens (tertiary/aromatic N) is 1. The van der Waals surface area contributed by atoms with E-state index in [1.165, 1.54) is 30.3 Å². The molecular weight excluding hydrogens is 310 g/mol. The van der Waals surface area contributed by atoms with Crippen LogP contribution in [-0.2, 0) is 4.79 Å². The van der Waals surface area contributed by atoms with Gasteiger partial charge in [-0.25, -0.2) is 4.79 Å². The molecule has 2 rings (SSSR count). The molecule has 0 saturated carbocycles. The van der Waals surface area contributed by atoms with Gasteiger partial charge in [-0.15, -0.1) is 0 Å². The van der Waals surface area contributed by atoms with E-state index >= 15 is 0 Å². The summed E-state index contributed by atoms with van der Waals surface area (Å²) in [4.78, 5) is 21.8. The molecule has 0 bridgehead atoms. The minimum Gasteiger partial charge on any atom is -0.465 e. The van der Waals surface area contributed by atoms with Crippen LogP contribution >= 0.6 is 0 Å². The molecule has 0 aliphatic heterocycles. The lowest BCUT2D eigenvalue weighted by Crippen LogP contribution is -2.03. The normalized spacial score (nSPS) is 10.9. The molecule has 0 aliphatic carbocycles. The third-order valence-corrected chi connectivity index (χ3v) is 2.90. The number of ether oxygens (including phenoxy) is 2. The summed E-state index contributed by atoms with van der Waals surface area (Å²) >= 11 is 0. The van der Waals surface area contributed by atoms with Gasteiger partial charge in [0, 0.05) is 18.2 Å². The molecule has 2 aromatic rings. The Morgan fingerprint density at radius 2 is 1.67 bits per heavy atom. The van der Waals surface area contributed by atoms with Gasteiger partial charge in [0.1, 0.15) is 11.5 Å². The zero-order chi connectivity index (χ0) is 17.4. The number of nitro benzene ring substituents is 1. The summed E-state index contributed by atoms with van der Waals surface area (Å²) in [6.07, 6.45) is 6.24. The number of carbonyl (C=O) groups excluding carboxylic acids is 1. The number of benzene rings is 2. The summed E-state index contributed by atoms with van der Waals surface area (Å²) in [7, 11) is 0. The molecule has 122 valence electrons. The van der Waals surface area contributed by atoms with Crippen molar-refractivity contribution in [2.75, 3.05) is 0 Å². The van der Waals surface area contributed by atoms with Crippen molar-refractivity contribution in [3.05, 3.63) is 82.6 Å². The summed E-state index contributed by atoms with van der Waals surface area (Å²) < 4.78 is 10.4. The molecule has 0 saturated heterocycles. The lowest BCUT2D eigenvalue weighted by molar-refractivity contribution is -0.384. The van der Waals surface area contributed by atoms with E-state index in [0.29, 0.717) is 5.75 Å². The first-order chi connectivity index (χ1) is 11.6. The predicted octanol–water partition coefficient (Wildman–Crippen LogP) is 4.13. The van der Waals surface area contributed by atoms with Crippen LogP contribution in [0.1, 0.15) is 12.5 Å². The highest BCUT2D eigenvalue weighted by Gasteiger charge is 2.06. The standard InChI is InChI=1S/C18H15NO5/c1-2-13-23-16-8-3-14(4-9-16)5-12-18(20)24-17-10-6-15(7-11-17)19(21)22/h2-13H,1H3/b12-5+,13-2?. The fourth-order valence-corrected chi connectivity index (χ4v) is 1.75. The summed E-state index contributed by atoms with van der Waals surface area (Å²) in [5.41, 5.74) is 0.744. The van der Waals surface area contributed by atoms with E-state index in [-0.39, 0.29) is 11.4 Å². The van der Waals surface area contributed by atoms with Crippen molar-refractivity contribution in [1.82, 2.24) is 0 Å². The Hall–Kier alpha value is -3.41. The Kier molecular flexibility index (Phi) is 5.85. The molecule has 0 spiro atoms. The third kappa shape index (κ3) is 5.10. The number of carbonyl (C=O) groups is 1. The van der Waals surface area contributed by atoms with Crippen LogP contribution in [0.5, 0.6) is 11.5 Å². The van der Waals surface area contributed by atoms with E-state index in [0.717, 1.165) is 5.56 Å². The van der Waals surface area contributed by atoms with Gasteiger partial charge >= 0.3 is 5.97 Å². The minimum absolute atomic E-state index is 0.0643. The molecule has 0 aromatic heterocycles. The van der Waals surface area contributed by atoms with Gasteiger partial charge in [-0.2, -0.15) is 0 Å². The summed E-state index contributed by atoms with van der Waals surface area (Å²) in [6, 6.07) is 12.5. The van der Waals surface area contributed by atoms with E-state index in [4.69, 9.17) is 9.47 Å². The van der Waals surface area contributed by atoms with Gasteiger partial charge < -0.3 is 9.47 Å². The number of allylic oxidation sites excluding steroid dienone is 1. The average molecular weight is 325 g/mol. The first kappa shape index (κ1) is 17.0. The topological polar surface area (TPSA) is 78.7 Å². The van der Waals surface area contributed by atoms with E-state index in [1.54, 1.807) is 42.7 Å². The smallest absolute Gasteiger partial charge is 0.336 e. The van der Waals surface area contributed by atoms with Gasteiger partial charge in [0.2, 0.25) is 0 Å². The van der Waals surface area contributed by atoms with Crippen LogP contribution in [0.2, 0.25) is 0 Å². The van der Waals surface area contributed by atoms with Crippen molar-refractivity contribution in [2.45, 2.75) is 6.92 Å². The van der Waals surface area contributed by atoms with Crippen LogP contribution in [0.3, 0.4) is 0 Å². The number of hydrogen-bond acceptors (Lipinski definition) is 5. The number of non-ortho nitro benzene ring substituents is 1. The van der Waals surface area contributed by atoms with Crippen LogP contribution in [0, 0.1) is 10.1 Å². The highest BCUT2D eigenvalue weighted by Crippen LogP contribution is 2.18. The highest BCUT2D eigenvalue weighted by atomic mass is 16.6. The van der Waals surface area contributed by atoms with Gasteiger partial charge in [-0.05, 0) is 42.8 Å². The fraction of sp³-hybridized carbons (Fsp3) is 0.0556. The molecule has 0 fully saturated rings. The van der Waals surface area contributed by atoms with Crippen LogP contribution < -0.4 is 9.47 Å². The molecule has 0 atom stereocenters. The Morgan fingerprint density at radius 3 is 2.25 bits per heavy atom. The van der Waals surface area contributed by atoms with Gasteiger partial charge in [0.25, 0.3) is 5.69 Å². The predicted molar refractivity (Wildman–Crippen MR) is 89.6 cm³/mol. The molecule has 0 N–H and O–H groups in total. The zero-order valence-corrected chi connectivity index (χ0v) is 12.9. The third-order valence-electron chi connectivity index (χ3n) is 2.90. The molecule has 6 nitrogen and oxygen atoms in total. The maximum absolute atomic E-state index is 11.7. The molecular formula is C18H15NO5. The quantitative estimate of drug-likeness (QED) is 0.199. The largest absolute Gasteiger partial charge is 0.465 e. The van der Waals surface area contributed by atoms with Crippen molar-refractivity contribution in [3.63, 3.8) is 0 Å². The molecule has 6 heteroatoms. The summed E-state index contributed by atoms with van der Waals surface area (Å²) in [6.45, 7) is 1.85. The van der Waals surface area contributed by atoms with Crippen molar-refractivity contribution < 1.29 is 19.2 Å². The maximum Gasteiger partial charge on any atom is 0.336 e. The monoisotopic (exact) mass is 325 g/mol. The second-order valence-corrected chi connectivity index (χ2v) is 4.66. The SMILES string of the molecule is CC=COc1ccc(/C=C/C(=O)Oc2ccc([N+](=O)[O-])cc2)cc1. The van der Waals surface area contributed by atoms with Crippen molar-refractivity contribution >= 4 is 17.7 Å². The first-order valence-electron chi connectivity index (χ1n) is 7.11. The number of hydrogen-bond donors (Lipinski definition) is 0. The van der Waals surface area contributed by atoms with Crippen molar-refractivity contribution in [1.29, 1.82) is 0 Å². The van der Waals surface area contributed by atoms with Gasteiger partial charge in [0.15, 0.2) is 0 Å². The fourth-order valence-electron chi connectivity index (χ4n) is 1.75. The molecule has 2 aromatic carbocycles. The highest BCUT2D eigenvalue weighted by molar-refractivity contribution is 5.88. The van der Waals surface area contributed by atoms with Crippen LogP contribution in [0.25, 0.3) is 6.08 Å². The van der Waals surface area contributed by atoms with Gasteiger partial charge in [-0.1, -0.05) is 18.2 Å². The Morgan fingerprint density at radius 1 is 1.04 bits per heavy atom. The van der Waals surface area contributed by atoms with E-state index in [2.05, 4.69) is 0 Å². The van der Waals surface area contributed by atoms with Crippen LogP contribution in [0.15, 0.2) is 66.9 Å². The van der Waals surface area contributed by atoms with Crippen molar-refractivity contribution in [2.24, 2.45) is 0 Å². The second-order valence-electron chi connectivity index (χ2n) is 4.66. The zero-order valence-electron chi connectivity index (χ0n) is 12.9. The minimum atomic E-state index is -0.571. The number of rotatable bonds is 6. The Bertz CT molecular complexity index is 761. The molecule has 0 unspecified atom stereocenters. The number of esters is 1. The Balaban J connectivity index is 1.93. The van der Waals surface area contributed by atoms with Crippen LogP contribution in [0.4, 0.5) is 5.69 Å². The average Bonchev–Trinajstić information content (AvgIpc) is 2.59. The molecule has 0 radical (unpaired) electrons. The van der Waals surface area contributed by atoms with Gasteiger partial charge in [-0.3, -0.25) is 10.1 Å². The number of nitro groups is 1. The second kappa shape index (κ2) is 8.28. The van der Waals surface area contributed by atoms with Crippen molar-refractivity contribution in [3.8, 4) is 11.5 Å². The van der Waals surface area contributed by atoms with E-state index in [1.807, 2.05) is 6.92 Å². The maximum atomic E-state index is 11.7. The molecule has 0 aliphatic rings. The van der Waals surface area contributed by atoms with E-state index in [9.17, 15) is 14.9 Å². The van der Waals surface area contributed by atoms with Crippen LogP contribution in [-0.4, -0.2) is 10.9 Å². The first-order valence-corrected chi connectivity index (χ1v) is 7.11. The lowest BCUT2D eigenvalue weighted by atomic mass is 10.2. The lowest BCUT2D eigenvalue weighted by Gasteiger charge is -2.01. The summed E-state index contributed by atoms with van der Waals surface area (Å²) in [5, 5.41) is 10.5.